The molecule has 11 heteroatoms. The maximum absolute atomic E-state index is 12.9. The average molecular weight is 439 g/mol. The minimum atomic E-state index is -0.259. The van der Waals surface area contributed by atoms with Crippen LogP contribution in [0.2, 0.25) is 0 Å². The third-order valence-corrected chi connectivity index (χ3v) is 6.05. The molecule has 1 aliphatic carbocycles. The fraction of sp³-hybridized carbons (Fsp3) is 0.429. The van der Waals surface area contributed by atoms with Crippen LogP contribution in [-0.2, 0) is 9.47 Å². The van der Waals surface area contributed by atoms with Crippen LogP contribution in [0, 0.1) is 0 Å². The van der Waals surface area contributed by atoms with Crippen LogP contribution in [0.15, 0.2) is 35.4 Å². The first-order chi connectivity index (χ1) is 15.6. The highest BCUT2D eigenvalue weighted by atomic mass is 16.5. The summed E-state index contributed by atoms with van der Waals surface area (Å²) in [5.74, 6) is 0.790. The van der Waals surface area contributed by atoms with Gasteiger partial charge in [-0.15, -0.1) is 0 Å². The van der Waals surface area contributed by atoms with Gasteiger partial charge in [-0.1, -0.05) is 0 Å². The van der Waals surface area contributed by atoms with Crippen molar-refractivity contribution in [2.75, 3.05) is 38.0 Å². The largest absolute Gasteiger partial charge is 0.379 e. The van der Waals surface area contributed by atoms with Crippen molar-refractivity contribution in [2.24, 2.45) is 0 Å². The predicted molar refractivity (Wildman–Crippen MR) is 118 cm³/mol. The number of nitrogens with one attached hydrogen (secondary N) is 3. The van der Waals surface area contributed by atoms with Crippen molar-refractivity contribution in [3.05, 3.63) is 46.5 Å². The van der Waals surface area contributed by atoms with Gasteiger partial charge >= 0.3 is 0 Å². The topological polar surface area (TPSA) is 124 Å². The van der Waals surface area contributed by atoms with Crippen LogP contribution >= 0.6 is 0 Å². The molecule has 2 aliphatic rings. The Morgan fingerprint density at radius 3 is 2.81 bits per heavy atom. The lowest BCUT2D eigenvalue weighted by Gasteiger charge is -2.35. The highest BCUT2D eigenvalue weighted by Gasteiger charge is 2.33. The average Bonchev–Trinajstić information content (AvgIpc) is 3.16. The molecule has 0 radical (unpaired) electrons. The molecule has 3 aromatic rings. The number of methoxy groups -OCH3 is 1. The molecule has 0 aromatic carbocycles. The zero-order valence-corrected chi connectivity index (χ0v) is 17.9. The smallest absolute Gasteiger partial charge is 0.274 e. The molecule has 0 bridgehead atoms. The molecule has 2 atom stereocenters. The maximum atomic E-state index is 12.9. The van der Waals surface area contributed by atoms with Gasteiger partial charge in [0.25, 0.3) is 11.5 Å². The van der Waals surface area contributed by atoms with Crippen LogP contribution in [0.4, 0.5) is 17.3 Å². The van der Waals surface area contributed by atoms with Crippen molar-refractivity contribution < 1.29 is 14.3 Å². The molecule has 5 rings (SSSR count). The van der Waals surface area contributed by atoms with E-state index in [0.29, 0.717) is 41.7 Å². The summed E-state index contributed by atoms with van der Waals surface area (Å²) in [4.78, 5) is 30.4. The van der Waals surface area contributed by atoms with Crippen LogP contribution < -0.4 is 21.5 Å². The molecule has 3 aromatic heterocycles. The molecule has 1 unspecified atom stereocenters. The summed E-state index contributed by atoms with van der Waals surface area (Å²) in [6.45, 7) is 1.05. The van der Waals surface area contributed by atoms with Gasteiger partial charge in [-0.2, -0.15) is 9.61 Å². The number of rotatable bonds is 7. The van der Waals surface area contributed by atoms with Gasteiger partial charge in [0, 0.05) is 26.4 Å². The van der Waals surface area contributed by atoms with Gasteiger partial charge in [-0.05, 0) is 25.0 Å². The van der Waals surface area contributed by atoms with E-state index in [2.05, 4.69) is 26.0 Å². The molecule has 1 saturated carbocycles. The summed E-state index contributed by atoms with van der Waals surface area (Å²) in [5, 5.41) is 13.5. The molecule has 32 heavy (non-hydrogen) atoms. The number of hydrogen-bond acceptors (Lipinski definition) is 8. The van der Waals surface area contributed by atoms with E-state index in [0.717, 1.165) is 12.8 Å². The lowest BCUT2D eigenvalue weighted by atomic mass is 9.89. The number of anilines is 3. The molecule has 1 saturated heterocycles. The van der Waals surface area contributed by atoms with Gasteiger partial charge in [0.15, 0.2) is 5.65 Å². The van der Waals surface area contributed by atoms with E-state index in [1.54, 1.807) is 41.6 Å². The molecular weight excluding hydrogens is 414 g/mol. The zero-order chi connectivity index (χ0) is 22.2. The van der Waals surface area contributed by atoms with Gasteiger partial charge in [-0.25, -0.2) is 4.98 Å². The van der Waals surface area contributed by atoms with Crippen molar-refractivity contribution >= 4 is 28.9 Å². The van der Waals surface area contributed by atoms with Crippen LogP contribution in [0.5, 0.6) is 0 Å². The van der Waals surface area contributed by atoms with Gasteiger partial charge in [0.05, 0.1) is 37.6 Å². The van der Waals surface area contributed by atoms with Crippen LogP contribution in [0.1, 0.15) is 29.2 Å². The number of hydrogen-bond donors (Lipinski definition) is 3. The fourth-order valence-corrected chi connectivity index (χ4v) is 3.94. The Labute approximate surface area is 183 Å². The summed E-state index contributed by atoms with van der Waals surface area (Å²) < 4.78 is 13.8. The number of nitrogens with zero attached hydrogens (tertiary/aromatic N) is 4. The lowest BCUT2D eigenvalue weighted by molar-refractivity contribution is -0.0247. The van der Waals surface area contributed by atoms with E-state index >= 15 is 0 Å². The molecule has 2 fully saturated rings. The Kier molecular flexibility index (Phi) is 5.27. The number of carbonyl (C=O) groups is 1. The summed E-state index contributed by atoms with van der Waals surface area (Å²) >= 11 is 0. The molecule has 1 aliphatic heterocycles. The maximum Gasteiger partial charge on any atom is 0.274 e. The van der Waals surface area contributed by atoms with Gasteiger partial charge in [-0.3, -0.25) is 9.59 Å². The van der Waals surface area contributed by atoms with Gasteiger partial charge < -0.3 is 30.0 Å². The second-order valence-electron chi connectivity index (χ2n) is 7.95. The lowest BCUT2D eigenvalue weighted by Crippen LogP contribution is -2.51. The van der Waals surface area contributed by atoms with E-state index in [1.165, 1.54) is 6.20 Å². The minimum absolute atomic E-state index is 0.0224. The SMILES string of the molecule is CNc1cc(Nc2cccn(C3COC3)c2=O)nc2c(C(=O)NC3CC[C@H]3OC)cnn12. The number of aromatic nitrogens is 4. The van der Waals surface area contributed by atoms with Crippen molar-refractivity contribution in [3.8, 4) is 0 Å². The van der Waals surface area contributed by atoms with E-state index in [9.17, 15) is 9.59 Å². The van der Waals surface area contributed by atoms with Crippen molar-refractivity contribution in [1.29, 1.82) is 0 Å². The van der Waals surface area contributed by atoms with Crippen molar-refractivity contribution in [3.63, 3.8) is 0 Å². The highest BCUT2D eigenvalue weighted by Crippen LogP contribution is 2.25. The summed E-state index contributed by atoms with van der Waals surface area (Å²) in [5.41, 5.74) is 0.967. The van der Waals surface area contributed by atoms with Crippen molar-refractivity contribution in [1.82, 2.24) is 24.5 Å². The van der Waals surface area contributed by atoms with Gasteiger partial charge in [0.2, 0.25) is 0 Å². The first-order valence-electron chi connectivity index (χ1n) is 10.5. The minimum Gasteiger partial charge on any atom is -0.379 e. The van der Waals surface area contributed by atoms with E-state index in [4.69, 9.17) is 9.47 Å². The molecule has 168 valence electrons. The first kappa shape index (κ1) is 20.5. The van der Waals surface area contributed by atoms with Crippen molar-refractivity contribution in [2.45, 2.75) is 31.0 Å². The van der Waals surface area contributed by atoms with Crippen LogP contribution in [0.25, 0.3) is 5.65 Å². The number of amides is 1. The Hall–Kier alpha value is -3.44. The monoisotopic (exact) mass is 439 g/mol. The standard InChI is InChI=1S/C21H25N7O4/c1-22-18-8-17(24-15-4-3-7-27(21(15)30)12-10-32-11-12)26-19-13(9-23-28(18)19)20(29)25-14-5-6-16(14)31-2/h3-4,7-9,12,14,16,22H,5-6,10-11H2,1-2H3,(H,24,26)(H,25,29)/t14?,16-/m1/s1. The Balaban J connectivity index is 1.46. The molecule has 4 heterocycles. The Bertz CT molecular complexity index is 1210. The summed E-state index contributed by atoms with van der Waals surface area (Å²) in [6.07, 6.45) is 5.07. The van der Waals surface area contributed by atoms with E-state index in [1.807, 2.05) is 6.07 Å². The fourth-order valence-electron chi connectivity index (χ4n) is 3.94. The quantitative estimate of drug-likeness (QED) is 0.501. The first-order valence-corrected chi connectivity index (χ1v) is 10.5. The van der Waals surface area contributed by atoms with Gasteiger partial charge in [0.1, 0.15) is 22.9 Å². The normalized spacial score (nSPS) is 20.4. The van der Waals surface area contributed by atoms with E-state index in [-0.39, 0.29) is 29.7 Å². The van der Waals surface area contributed by atoms with E-state index < -0.39 is 0 Å². The Morgan fingerprint density at radius 2 is 2.16 bits per heavy atom. The molecule has 1 amide bonds. The summed E-state index contributed by atoms with van der Waals surface area (Å²) in [6, 6.07) is 5.26. The second-order valence-corrected chi connectivity index (χ2v) is 7.95. The predicted octanol–water partition coefficient (Wildman–Crippen LogP) is 1.15. The van der Waals surface area contributed by atoms with Crippen LogP contribution in [0.3, 0.4) is 0 Å². The van der Waals surface area contributed by atoms with Crippen LogP contribution in [-0.4, -0.2) is 64.6 Å². The molecule has 0 spiro atoms. The molecular formula is C21H25N7O4. The molecule has 11 nitrogen and oxygen atoms in total. The number of fused-ring (bicyclic) bond motifs is 1. The number of ether oxygens (including phenoxy) is 2. The zero-order valence-electron chi connectivity index (χ0n) is 17.9. The highest BCUT2D eigenvalue weighted by molar-refractivity contribution is 6.00. The number of carbonyl (C=O) groups excluding carboxylic acids is 1. The third-order valence-electron chi connectivity index (χ3n) is 6.05. The summed E-state index contributed by atoms with van der Waals surface area (Å²) in [7, 11) is 3.40. The Morgan fingerprint density at radius 1 is 1.31 bits per heavy atom. The third kappa shape index (κ3) is 3.49. The molecule has 3 N–H and O–H groups in total. The second kappa shape index (κ2) is 8.24. The number of pyridine rings is 1.